The standard InChI is InChI=1S/C15H23N5O/c1-4-9-16-13-17-14(20-10-7-6-8-11-20)19-15(18-13)21-12(3)5-2/h2,12H,4,6-11H2,1,3H3,(H,16,17,18,19). The van der Waals surface area contributed by atoms with Crippen LogP contribution in [0.4, 0.5) is 11.9 Å². The van der Waals surface area contributed by atoms with Gasteiger partial charge >= 0.3 is 6.01 Å². The van der Waals surface area contributed by atoms with E-state index in [2.05, 4.69) is 38.0 Å². The lowest BCUT2D eigenvalue weighted by molar-refractivity contribution is 0.255. The SMILES string of the molecule is C#CC(C)Oc1nc(NCCC)nc(N2CCCCC2)n1. The fourth-order valence-electron chi connectivity index (χ4n) is 2.14. The minimum atomic E-state index is -0.361. The lowest BCUT2D eigenvalue weighted by Crippen LogP contribution is -2.31. The van der Waals surface area contributed by atoms with Gasteiger partial charge in [-0.25, -0.2) is 0 Å². The van der Waals surface area contributed by atoms with Crippen molar-refractivity contribution in [2.45, 2.75) is 45.6 Å². The highest BCUT2D eigenvalue weighted by Crippen LogP contribution is 2.19. The average molecular weight is 289 g/mol. The minimum absolute atomic E-state index is 0.287. The zero-order valence-corrected chi connectivity index (χ0v) is 12.8. The van der Waals surface area contributed by atoms with Crippen LogP contribution in [0.5, 0.6) is 6.01 Å². The van der Waals surface area contributed by atoms with Crippen LogP contribution in [0.25, 0.3) is 0 Å². The highest BCUT2D eigenvalue weighted by molar-refractivity contribution is 5.38. The molecule has 1 aromatic rings. The van der Waals surface area contributed by atoms with E-state index in [9.17, 15) is 0 Å². The van der Waals surface area contributed by atoms with Gasteiger partial charge in [-0.1, -0.05) is 12.8 Å². The van der Waals surface area contributed by atoms with Crippen molar-refractivity contribution in [3.8, 4) is 18.4 Å². The monoisotopic (exact) mass is 289 g/mol. The zero-order chi connectivity index (χ0) is 15.1. The molecule has 0 saturated carbocycles. The zero-order valence-electron chi connectivity index (χ0n) is 12.8. The smallest absolute Gasteiger partial charge is 0.324 e. The summed E-state index contributed by atoms with van der Waals surface area (Å²) >= 11 is 0. The van der Waals surface area contributed by atoms with Crippen LogP contribution in [0.2, 0.25) is 0 Å². The van der Waals surface area contributed by atoms with Crippen LogP contribution in [0, 0.1) is 12.3 Å². The summed E-state index contributed by atoms with van der Waals surface area (Å²) in [5, 5.41) is 3.18. The molecular formula is C15H23N5O. The molecule has 0 aromatic carbocycles. The van der Waals surface area contributed by atoms with Gasteiger partial charge < -0.3 is 15.0 Å². The summed E-state index contributed by atoms with van der Waals surface area (Å²) in [5.41, 5.74) is 0. The second-order valence-electron chi connectivity index (χ2n) is 5.14. The minimum Gasteiger partial charge on any atom is -0.447 e. The van der Waals surface area contributed by atoms with Gasteiger partial charge in [0.2, 0.25) is 11.9 Å². The first-order valence-corrected chi connectivity index (χ1v) is 7.60. The van der Waals surface area contributed by atoms with Gasteiger partial charge in [0.25, 0.3) is 0 Å². The predicted octanol–water partition coefficient (Wildman–Crippen LogP) is 2.08. The van der Waals surface area contributed by atoms with E-state index in [0.29, 0.717) is 11.9 Å². The van der Waals surface area contributed by atoms with Crippen molar-refractivity contribution in [2.75, 3.05) is 29.9 Å². The van der Waals surface area contributed by atoms with Gasteiger partial charge in [-0.05, 0) is 32.6 Å². The molecule has 0 aliphatic carbocycles. The molecule has 21 heavy (non-hydrogen) atoms. The first-order valence-electron chi connectivity index (χ1n) is 7.60. The van der Waals surface area contributed by atoms with Crippen molar-refractivity contribution in [2.24, 2.45) is 0 Å². The summed E-state index contributed by atoms with van der Waals surface area (Å²) in [5.74, 6) is 3.74. The summed E-state index contributed by atoms with van der Waals surface area (Å²) in [6.45, 7) is 6.65. The highest BCUT2D eigenvalue weighted by Gasteiger charge is 2.17. The number of rotatable bonds is 6. The molecule has 0 radical (unpaired) electrons. The molecule has 2 rings (SSSR count). The summed E-state index contributed by atoms with van der Waals surface area (Å²) in [7, 11) is 0. The molecule has 1 unspecified atom stereocenters. The maximum Gasteiger partial charge on any atom is 0.324 e. The Kier molecular flexibility index (Phi) is 5.61. The summed E-state index contributed by atoms with van der Waals surface area (Å²) in [6, 6.07) is 0.287. The molecule has 0 bridgehead atoms. The Balaban J connectivity index is 2.20. The summed E-state index contributed by atoms with van der Waals surface area (Å²) in [4.78, 5) is 15.3. The molecule has 2 heterocycles. The van der Waals surface area contributed by atoms with Crippen LogP contribution in [-0.2, 0) is 0 Å². The summed E-state index contributed by atoms with van der Waals surface area (Å²) in [6.07, 6.45) is 9.59. The van der Waals surface area contributed by atoms with Crippen molar-refractivity contribution in [1.82, 2.24) is 15.0 Å². The fraction of sp³-hybridized carbons (Fsp3) is 0.667. The second kappa shape index (κ2) is 7.67. The number of nitrogens with zero attached hydrogens (tertiary/aromatic N) is 4. The number of anilines is 2. The van der Waals surface area contributed by atoms with Crippen LogP contribution in [-0.4, -0.2) is 40.7 Å². The Morgan fingerprint density at radius 1 is 1.29 bits per heavy atom. The van der Waals surface area contributed by atoms with Crippen molar-refractivity contribution in [3.05, 3.63) is 0 Å². The van der Waals surface area contributed by atoms with Crippen molar-refractivity contribution in [3.63, 3.8) is 0 Å². The Hall–Kier alpha value is -2.03. The van der Waals surface area contributed by atoms with Gasteiger partial charge in [0.1, 0.15) is 0 Å². The molecular weight excluding hydrogens is 266 g/mol. The lowest BCUT2D eigenvalue weighted by atomic mass is 10.1. The van der Waals surface area contributed by atoms with Gasteiger partial charge in [-0.3, -0.25) is 0 Å². The number of piperidine rings is 1. The van der Waals surface area contributed by atoms with Crippen LogP contribution in [0.3, 0.4) is 0 Å². The molecule has 0 spiro atoms. The van der Waals surface area contributed by atoms with Crippen LogP contribution >= 0.6 is 0 Å². The van der Waals surface area contributed by atoms with Gasteiger partial charge in [0.15, 0.2) is 6.10 Å². The Bertz CT molecular complexity index is 493. The van der Waals surface area contributed by atoms with E-state index in [1.807, 2.05) is 0 Å². The van der Waals surface area contributed by atoms with E-state index in [4.69, 9.17) is 11.2 Å². The van der Waals surface area contributed by atoms with Crippen LogP contribution < -0.4 is 15.0 Å². The van der Waals surface area contributed by atoms with Crippen molar-refractivity contribution < 1.29 is 4.74 Å². The highest BCUT2D eigenvalue weighted by atomic mass is 16.5. The number of ether oxygens (including phenoxy) is 1. The molecule has 1 saturated heterocycles. The average Bonchev–Trinajstić information content (AvgIpc) is 2.53. The lowest BCUT2D eigenvalue weighted by Gasteiger charge is -2.27. The van der Waals surface area contributed by atoms with E-state index in [1.54, 1.807) is 6.92 Å². The van der Waals surface area contributed by atoms with Crippen molar-refractivity contribution in [1.29, 1.82) is 0 Å². The van der Waals surface area contributed by atoms with Gasteiger partial charge in [0.05, 0.1) is 0 Å². The van der Waals surface area contributed by atoms with Crippen LogP contribution in [0.1, 0.15) is 39.5 Å². The van der Waals surface area contributed by atoms with Gasteiger partial charge in [0, 0.05) is 19.6 Å². The molecule has 0 amide bonds. The maximum atomic E-state index is 5.55. The fourth-order valence-corrected chi connectivity index (χ4v) is 2.14. The quantitative estimate of drug-likeness (QED) is 0.809. The van der Waals surface area contributed by atoms with Crippen LogP contribution in [0.15, 0.2) is 0 Å². The Morgan fingerprint density at radius 3 is 2.71 bits per heavy atom. The number of hydrogen-bond acceptors (Lipinski definition) is 6. The molecule has 1 aliphatic rings. The molecule has 6 heteroatoms. The summed E-state index contributed by atoms with van der Waals surface area (Å²) < 4.78 is 5.55. The molecule has 6 nitrogen and oxygen atoms in total. The van der Waals surface area contributed by atoms with E-state index in [1.165, 1.54) is 19.3 Å². The first-order chi connectivity index (χ1) is 10.2. The maximum absolute atomic E-state index is 5.55. The van der Waals surface area contributed by atoms with Gasteiger partial charge in [-0.2, -0.15) is 15.0 Å². The third kappa shape index (κ3) is 4.48. The second-order valence-corrected chi connectivity index (χ2v) is 5.14. The molecule has 1 aliphatic heterocycles. The molecule has 1 atom stereocenters. The van der Waals surface area contributed by atoms with E-state index < -0.39 is 0 Å². The topological polar surface area (TPSA) is 63.2 Å². The molecule has 114 valence electrons. The van der Waals surface area contributed by atoms with Crippen molar-refractivity contribution >= 4 is 11.9 Å². The Labute approximate surface area is 126 Å². The number of terminal acetylenes is 1. The molecule has 1 aromatic heterocycles. The molecule has 1 N–H and O–H groups in total. The number of hydrogen-bond donors (Lipinski definition) is 1. The Morgan fingerprint density at radius 2 is 2.05 bits per heavy atom. The number of nitrogens with one attached hydrogen (secondary N) is 1. The largest absolute Gasteiger partial charge is 0.447 e. The van der Waals surface area contributed by atoms with E-state index in [-0.39, 0.29) is 12.1 Å². The predicted molar refractivity (Wildman–Crippen MR) is 83.6 cm³/mol. The first kappa shape index (κ1) is 15.4. The number of aromatic nitrogens is 3. The molecule has 1 fully saturated rings. The van der Waals surface area contributed by atoms with E-state index in [0.717, 1.165) is 26.1 Å². The third-order valence-corrected chi connectivity index (χ3v) is 3.29. The van der Waals surface area contributed by atoms with E-state index >= 15 is 0 Å². The third-order valence-electron chi connectivity index (χ3n) is 3.29. The van der Waals surface area contributed by atoms with Gasteiger partial charge in [-0.15, -0.1) is 6.42 Å². The normalized spacial score (nSPS) is 16.1.